The lowest BCUT2D eigenvalue weighted by Crippen LogP contribution is -1.91. The first-order valence-electron chi connectivity index (χ1n) is 3.99. The van der Waals surface area contributed by atoms with Crippen molar-refractivity contribution >= 4 is 0 Å². The van der Waals surface area contributed by atoms with Crippen LogP contribution in [0.4, 0.5) is 0 Å². The maximum absolute atomic E-state index is 4.26. The van der Waals surface area contributed by atoms with Gasteiger partial charge in [0, 0.05) is 24.2 Å². The van der Waals surface area contributed by atoms with Gasteiger partial charge in [-0.25, -0.2) is 15.0 Å². The number of rotatable bonds is 1. The zero-order chi connectivity index (χ0) is 9.10. The molecule has 0 saturated carbocycles. The van der Waals surface area contributed by atoms with Crippen LogP contribution in [0.2, 0.25) is 0 Å². The lowest BCUT2D eigenvalue weighted by molar-refractivity contribution is 1.11. The van der Waals surface area contributed by atoms with E-state index < -0.39 is 0 Å². The number of aromatic nitrogens is 3. The third kappa shape index (κ3) is 1.69. The molecule has 0 aliphatic carbocycles. The number of hydrogen-bond acceptors (Lipinski definition) is 3. The van der Waals surface area contributed by atoms with Crippen molar-refractivity contribution in [1.82, 2.24) is 15.0 Å². The maximum atomic E-state index is 4.26. The van der Waals surface area contributed by atoms with Crippen molar-refractivity contribution in [2.75, 3.05) is 0 Å². The Morgan fingerprint density at radius 2 is 2.00 bits per heavy atom. The first-order valence-corrected chi connectivity index (χ1v) is 3.99. The van der Waals surface area contributed by atoms with Crippen LogP contribution in [0.1, 0.15) is 5.69 Å². The lowest BCUT2D eigenvalue weighted by Gasteiger charge is -1.97. The van der Waals surface area contributed by atoms with E-state index in [1.165, 1.54) is 0 Å². The molecule has 0 saturated heterocycles. The SMILES string of the molecule is Cc1cc[c]c(-c2ncccn2)n1. The molecule has 3 nitrogen and oxygen atoms in total. The van der Waals surface area contributed by atoms with Gasteiger partial charge < -0.3 is 0 Å². The highest BCUT2D eigenvalue weighted by atomic mass is 14.9. The molecule has 0 bridgehead atoms. The largest absolute Gasteiger partial charge is 0.249 e. The molecule has 3 heteroatoms. The molecule has 0 aliphatic heterocycles. The second-order valence-corrected chi connectivity index (χ2v) is 2.65. The first-order chi connectivity index (χ1) is 6.36. The predicted octanol–water partition coefficient (Wildman–Crippen LogP) is 1.65. The van der Waals surface area contributed by atoms with Crippen LogP contribution in [0.5, 0.6) is 0 Å². The molecule has 0 atom stereocenters. The van der Waals surface area contributed by atoms with E-state index in [4.69, 9.17) is 0 Å². The molecule has 0 aromatic carbocycles. The summed E-state index contributed by atoms with van der Waals surface area (Å²) in [6, 6.07) is 8.49. The summed E-state index contributed by atoms with van der Waals surface area (Å²) in [5.41, 5.74) is 1.64. The summed E-state index contributed by atoms with van der Waals surface area (Å²) < 4.78 is 0. The van der Waals surface area contributed by atoms with Crippen LogP contribution < -0.4 is 0 Å². The topological polar surface area (TPSA) is 38.7 Å². The highest BCUT2D eigenvalue weighted by molar-refractivity contribution is 5.47. The van der Waals surface area contributed by atoms with E-state index in [0.29, 0.717) is 11.5 Å². The molecule has 0 N–H and O–H groups in total. The third-order valence-electron chi connectivity index (χ3n) is 1.61. The van der Waals surface area contributed by atoms with Gasteiger partial charge in [-0.2, -0.15) is 0 Å². The number of nitrogens with zero attached hydrogens (tertiary/aromatic N) is 3. The Bertz CT molecular complexity index is 398. The summed E-state index contributed by atoms with van der Waals surface area (Å²) in [5, 5.41) is 0. The maximum Gasteiger partial charge on any atom is 0.178 e. The zero-order valence-electron chi connectivity index (χ0n) is 7.23. The van der Waals surface area contributed by atoms with Crippen molar-refractivity contribution < 1.29 is 0 Å². The highest BCUT2D eigenvalue weighted by Gasteiger charge is 2.00. The van der Waals surface area contributed by atoms with Gasteiger partial charge in [-0.3, -0.25) is 0 Å². The molecular weight excluding hydrogens is 162 g/mol. The summed E-state index contributed by atoms with van der Waals surface area (Å²) in [6.45, 7) is 1.93. The fraction of sp³-hybridized carbons (Fsp3) is 0.100. The van der Waals surface area contributed by atoms with Crippen molar-refractivity contribution in [3.05, 3.63) is 42.4 Å². The molecule has 0 amide bonds. The Hall–Kier alpha value is -1.77. The van der Waals surface area contributed by atoms with E-state index in [1.54, 1.807) is 18.5 Å². The van der Waals surface area contributed by atoms with Crippen molar-refractivity contribution in [3.8, 4) is 11.5 Å². The van der Waals surface area contributed by atoms with Gasteiger partial charge in [-0.1, -0.05) is 6.07 Å². The standard InChI is InChI=1S/C10H8N3/c1-8-4-2-5-9(13-8)10-11-6-3-7-12-10/h2-4,6-7H,1H3. The minimum atomic E-state index is 0.617. The van der Waals surface area contributed by atoms with Crippen LogP contribution in [-0.2, 0) is 0 Å². The van der Waals surface area contributed by atoms with Crippen LogP contribution in [0.3, 0.4) is 0 Å². The van der Waals surface area contributed by atoms with Crippen LogP contribution in [0.15, 0.2) is 30.6 Å². The molecule has 2 heterocycles. The minimum absolute atomic E-state index is 0.617. The first kappa shape index (κ1) is 7.86. The molecule has 0 spiro atoms. The molecule has 2 aromatic heterocycles. The Morgan fingerprint density at radius 1 is 1.23 bits per heavy atom. The van der Waals surface area contributed by atoms with Gasteiger partial charge in [0.1, 0.15) is 5.69 Å². The normalized spacial score (nSPS) is 9.92. The van der Waals surface area contributed by atoms with Crippen molar-refractivity contribution in [2.24, 2.45) is 0 Å². The van der Waals surface area contributed by atoms with Gasteiger partial charge in [-0.15, -0.1) is 0 Å². The average Bonchev–Trinajstić information content (AvgIpc) is 2.19. The monoisotopic (exact) mass is 170 g/mol. The van der Waals surface area contributed by atoms with Crippen molar-refractivity contribution in [2.45, 2.75) is 6.92 Å². The molecule has 0 unspecified atom stereocenters. The smallest absolute Gasteiger partial charge is 0.178 e. The molecule has 13 heavy (non-hydrogen) atoms. The van der Waals surface area contributed by atoms with Crippen molar-refractivity contribution in [1.29, 1.82) is 0 Å². The molecule has 0 aliphatic rings. The Morgan fingerprint density at radius 3 is 2.69 bits per heavy atom. The number of aryl methyl sites for hydroxylation is 1. The van der Waals surface area contributed by atoms with Gasteiger partial charge in [0.05, 0.1) is 0 Å². The molecule has 2 aromatic rings. The Kier molecular flexibility index (Phi) is 2.00. The summed E-state index contributed by atoms with van der Waals surface area (Å²) in [7, 11) is 0. The van der Waals surface area contributed by atoms with Crippen LogP contribution in [-0.4, -0.2) is 15.0 Å². The van der Waals surface area contributed by atoms with Gasteiger partial charge in [-0.05, 0) is 19.1 Å². The van der Waals surface area contributed by atoms with Gasteiger partial charge >= 0.3 is 0 Å². The minimum Gasteiger partial charge on any atom is -0.249 e. The number of hydrogen-bond donors (Lipinski definition) is 0. The zero-order valence-corrected chi connectivity index (χ0v) is 7.23. The lowest BCUT2D eigenvalue weighted by atomic mass is 10.3. The molecule has 0 fully saturated rings. The van der Waals surface area contributed by atoms with Gasteiger partial charge in [0.2, 0.25) is 0 Å². The average molecular weight is 170 g/mol. The van der Waals surface area contributed by atoms with Gasteiger partial charge in [0.25, 0.3) is 0 Å². The fourth-order valence-corrected chi connectivity index (χ4v) is 1.02. The van der Waals surface area contributed by atoms with E-state index in [2.05, 4.69) is 21.0 Å². The van der Waals surface area contributed by atoms with E-state index in [0.717, 1.165) is 5.69 Å². The second kappa shape index (κ2) is 3.31. The van der Waals surface area contributed by atoms with E-state index >= 15 is 0 Å². The Balaban J connectivity index is 2.48. The highest BCUT2D eigenvalue weighted by Crippen LogP contribution is 2.09. The van der Waals surface area contributed by atoms with Crippen LogP contribution in [0.25, 0.3) is 11.5 Å². The van der Waals surface area contributed by atoms with Crippen molar-refractivity contribution in [3.63, 3.8) is 0 Å². The summed E-state index contributed by atoms with van der Waals surface area (Å²) in [6.07, 6.45) is 3.39. The quantitative estimate of drug-likeness (QED) is 0.653. The predicted molar refractivity (Wildman–Crippen MR) is 48.8 cm³/mol. The molecular formula is C10H8N3. The fourth-order valence-electron chi connectivity index (χ4n) is 1.02. The van der Waals surface area contributed by atoms with E-state index in [9.17, 15) is 0 Å². The van der Waals surface area contributed by atoms with Crippen LogP contribution >= 0.6 is 0 Å². The Labute approximate surface area is 76.5 Å². The summed E-state index contributed by atoms with van der Waals surface area (Å²) in [5.74, 6) is 0.617. The molecule has 63 valence electrons. The molecule has 1 radical (unpaired) electrons. The van der Waals surface area contributed by atoms with E-state index in [-0.39, 0.29) is 0 Å². The third-order valence-corrected chi connectivity index (χ3v) is 1.61. The summed E-state index contributed by atoms with van der Waals surface area (Å²) >= 11 is 0. The summed E-state index contributed by atoms with van der Waals surface area (Å²) in [4.78, 5) is 12.4. The molecule has 2 rings (SSSR count). The number of pyridine rings is 1. The van der Waals surface area contributed by atoms with Gasteiger partial charge in [0.15, 0.2) is 5.82 Å². The second-order valence-electron chi connectivity index (χ2n) is 2.65. The van der Waals surface area contributed by atoms with E-state index in [1.807, 2.05) is 19.1 Å². The van der Waals surface area contributed by atoms with Crippen LogP contribution in [0, 0.1) is 13.0 Å².